The fourth-order valence-electron chi connectivity index (χ4n) is 1.99. The van der Waals surface area contributed by atoms with E-state index in [0.29, 0.717) is 5.56 Å². The molecule has 0 amide bonds. The highest BCUT2D eigenvalue weighted by atomic mass is 35.5. The number of hydrogen-bond acceptors (Lipinski definition) is 4. The van der Waals surface area contributed by atoms with Crippen molar-refractivity contribution in [1.29, 1.82) is 0 Å². The molecule has 0 fully saturated rings. The van der Waals surface area contributed by atoms with Crippen LogP contribution in [0.1, 0.15) is 0 Å². The van der Waals surface area contributed by atoms with Crippen LogP contribution in [0.15, 0.2) is 47.2 Å². The van der Waals surface area contributed by atoms with Gasteiger partial charge in [0.25, 0.3) is 0 Å². The lowest BCUT2D eigenvalue weighted by Gasteiger charge is -2.05. The number of hydrogen-bond donors (Lipinski definition) is 1. The van der Waals surface area contributed by atoms with Crippen LogP contribution in [0.25, 0.3) is 22.5 Å². The van der Waals surface area contributed by atoms with Gasteiger partial charge in [0.15, 0.2) is 11.6 Å². The van der Waals surface area contributed by atoms with Crippen molar-refractivity contribution >= 4 is 17.4 Å². The molecule has 0 bridgehead atoms. The lowest BCUT2D eigenvalue weighted by atomic mass is 10.0. The van der Waals surface area contributed by atoms with E-state index in [1.54, 1.807) is 30.6 Å². The van der Waals surface area contributed by atoms with E-state index in [9.17, 15) is 4.39 Å². The van der Waals surface area contributed by atoms with Crippen molar-refractivity contribution in [2.24, 2.45) is 0 Å². The molecular formula is C14H9ClFN3O. The van der Waals surface area contributed by atoms with Gasteiger partial charge in [-0.1, -0.05) is 22.8 Å². The molecule has 20 heavy (non-hydrogen) atoms. The third kappa shape index (κ3) is 2.02. The van der Waals surface area contributed by atoms with Gasteiger partial charge >= 0.3 is 0 Å². The summed E-state index contributed by atoms with van der Waals surface area (Å²) in [5.74, 6) is -0.119. The molecule has 0 aliphatic rings. The predicted molar refractivity (Wildman–Crippen MR) is 74.6 cm³/mol. The SMILES string of the molecule is Nc1noc(-c2c(F)cccc2Cl)c1-c1ccncc1. The molecule has 2 aromatic heterocycles. The minimum Gasteiger partial charge on any atom is -0.380 e. The van der Waals surface area contributed by atoms with Gasteiger partial charge in [0.05, 0.1) is 16.1 Å². The molecule has 100 valence electrons. The molecular weight excluding hydrogens is 281 g/mol. The van der Waals surface area contributed by atoms with Crippen LogP contribution in [0.5, 0.6) is 0 Å². The summed E-state index contributed by atoms with van der Waals surface area (Å²) in [7, 11) is 0. The van der Waals surface area contributed by atoms with E-state index < -0.39 is 5.82 Å². The zero-order valence-electron chi connectivity index (χ0n) is 10.2. The Hall–Kier alpha value is -2.40. The lowest BCUT2D eigenvalue weighted by molar-refractivity contribution is 0.433. The summed E-state index contributed by atoms with van der Waals surface area (Å²) in [6.07, 6.45) is 3.21. The first-order valence-electron chi connectivity index (χ1n) is 5.78. The second kappa shape index (κ2) is 4.94. The van der Waals surface area contributed by atoms with Crippen LogP contribution in [0.2, 0.25) is 5.02 Å². The largest absolute Gasteiger partial charge is 0.380 e. The Balaban J connectivity index is 2.27. The molecule has 0 saturated heterocycles. The molecule has 3 aromatic rings. The fourth-order valence-corrected chi connectivity index (χ4v) is 2.23. The van der Waals surface area contributed by atoms with E-state index in [-0.39, 0.29) is 22.2 Å². The highest BCUT2D eigenvalue weighted by Gasteiger charge is 2.22. The Morgan fingerprint density at radius 3 is 2.55 bits per heavy atom. The third-order valence-corrected chi connectivity index (χ3v) is 3.19. The molecule has 6 heteroatoms. The minimum atomic E-state index is -0.496. The van der Waals surface area contributed by atoms with E-state index in [0.717, 1.165) is 5.56 Å². The molecule has 3 rings (SSSR count). The van der Waals surface area contributed by atoms with Gasteiger partial charge in [0.2, 0.25) is 0 Å². The summed E-state index contributed by atoms with van der Waals surface area (Å²) in [6, 6.07) is 7.88. The molecule has 0 aliphatic carbocycles. The summed E-state index contributed by atoms with van der Waals surface area (Å²) < 4.78 is 19.2. The normalized spacial score (nSPS) is 10.7. The lowest BCUT2D eigenvalue weighted by Crippen LogP contribution is -1.91. The monoisotopic (exact) mass is 289 g/mol. The standard InChI is InChI=1S/C14H9ClFN3O/c15-9-2-1-3-10(16)12(9)13-11(14(17)19-20-13)8-4-6-18-7-5-8/h1-7H,(H2,17,19). The summed E-state index contributed by atoms with van der Waals surface area (Å²) in [5, 5.41) is 3.94. The van der Waals surface area contributed by atoms with Crippen molar-refractivity contribution < 1.29 is 8.91 Å². The van der Waals surface area contributed by atoms with Crippen LogP contribution in [0.3, 0.4) is 0 Å². The molecule has 0 atom stereocenters. The highest BCUT2D eigenvalue weighted by Crippen LogP contribution is 2.40. The van der Waals surface area contributed by atoms with Crippen LogP contribution >= 0.6 is 11.6 Å². The number of nitrogens with zero attached hydrogens (tertiary/aromatic N) is 2. The number of halogens is 2. The van der Waals surface area contributed by atoms with Crippen molar-refractivity contribution in [3.8, 4) is 22.5 Å². The fraction of sp³-hybridized carbons (Fsp3) is 0. The number of aromatic nitrogens is 2. The van der Waals surface area contributed by atoms with Gasteiger partial charge in [-0.2, -0.15) is 0 Å². The summed E-state index contributed by atoms with van der Waals surface area (Å²) in [5.41, 5.74) is 7.19. The van der Waals surface area contributed by atoms with E-state index in [2.05, 4.69) is 10.1 Å². The number of nitrogens with two attached hydrogens (primary N) is 1. The Morgan fingerprint density at radius 2 is 1.85 bits per heavy atom. The molecule has 0 saturated carbocycles. The van der Waals surface area contributed by atoms with E-state index >= 15 is 0 Å². The predicted octanol–water partition coefficient (Wildman–Crippen LogP) is 3.78. The molecule has 4 nitrogen and oxygen atoms in total. The van der Waals surface area contributed by atoms with Crippen molar-refractivity contribution in [3.05, 3.63) is 53.6 Å². The molecule has 0 unspecified atom stereocenters. The smallest absolute Gasteiger partial charge is 0.181 e. The highest BCUT2D eigenvalue weighted by molar-refractivity contribution is 6.33. The maximum Gasteiger partial charge on any atom is 0.181 e. The van der Waals surface area contributed by atoms with Crippen LogP contribution in [0, 0.1) is 5.82 Å². The molecule has 0 spiro atoms. The van der Waals surface area contributed by atoms with Gasteiger partial charge in [-0.05, 0) is 29.8 Å². The van der Waals surface area contributed by atoms with Gasteiger partial charge < -0.3 is 10.3 Å². The second-order valence-electron chi connectivity index (χ2n) is 4.10. The first kappa shape index (κ1) is 12.6. The Morgan fingerprint density at radius 1 is 1.10 bits per heavy atom. The number of rotatable bonds is 2. The van der Waals surface area contributed by atoms with Crippen molar-refractivity contribution in [2.75, 3.05) is 5.73 Å². The Labute approximate surface area is 119 Å². The molecule has 2 heterocycles. The van der Waals surface area contributed by atoms with E-state index in [1.807, 2.05) is 0 Å². The van der Waals surface area contributed by atoms with Gasteiger partial charge in [0.1, 0.15) is 5.82 Å². The van der Waals surface area contributed by atoms with Crippen molar-refractivity contribution in [3.63, 3.8) is 0 Å². The van der Waals surface area contributed by atoms with E-state index in [4.69, 9.17) is 21.9 Å². The first-order chi connectivity index (χ1) is 9.68. The average Bonchev–Trinajstić information content (AvgIpc) is 2.81. The van der Waals surface area contributed by atoms with Gasteiger partial charge in [-0.25, -0.2) is 4.39 Å². The quantitative estimate of drug-likeness (QED) is 0.780. The maximum atomic E-state index is 14.0. The van der Waals surface area contributed by atoms with Gasteiger partial charge in [-0.15, -0.1) is 0 Å². The Kier molecular flexibility index (Phi) is 3.12. The second-order valence-corrected chi connectivity index (χ2v) is 4.51. The zero-order valence-corrected chi connectivity index (χ0v) is 10.9. The van der Waals surface area contributed by atoms with Gasteiger partial charge in [0, 0.05) is 12.4 Å². The minimum absolute atomic E-state index is 0.144. The molecule has 0 aliphatic heterocycles. The summed E-state index contributed by atoms with van der Waals surface area (Å²) >= 11 is 6.05. The number of benzene rings is 1. The van der Waals surface area contributed by atoms with Crippen LogP contribution in [0.4, 0.5) is 10.2 Å². The third-order valence-electron chi connectivity index (χ3n) is 2.88. The molecule has 1 aromatic carbocycles. The molecule has 0 radical (unpaired) electrons. The number of nitrogen functional groups attached to an aromatic ring is 1. The molecule has 2 N–H and O–H groups in total. The van der Waals surface area contributed by atoms with Crippen LogP contribution < -0.4 is 5.73 Å². The number of anilines is 1. The maximum absolute atomic E-state index is 14.0. The summed E-state index contributed by atoms with van der Waals surface area (Å²) in [6.45, 7) is 0. The summed E-state index contributed by atoms with van der Waals surface area (Å²) in [4.78, 5) is 3.93. The average molecular weight is 290 g/mol. The van der Waals surface area contributed by atoms with E-state index in [1.165, 1.54) is 12.1 Å². The Bertz CT molecular complexity index is 738. The zero-order chi connectivity index (χ0) is 14.1. The number of pyridine rings is 1. The van der Waals surface area contributed by atoms with Crippen LogP contribution in [-0.2, 0) is 0 Å². The van der Waals surface area contributed by atoms with Gasteiger partial charge in [-0.3, -0.25) is 4.98 Å². The van der Waals surface area contributed by atoms with Crippen LogP contribution in [-0.4, -0.2) is 10.1 Å². The van der Waals surface area contributed by atoms with Crippen molar-refractivity contribution in [2.45, 2.75) is 0 Å². The van der Waals surface area contributed by atoms with Crippen molar-refractivity contribution in [1.82, 2.24) is 10.1 Å². The first-order valence-corrected chi connectivity index (χ1v) is 6.16. The topological polar surface area (TPSA) is 64.9 Å².